The molecule has 0 radical (unpaired) electrons. The van der Waals surface area contributed by atoms with Gasteiger partial charge in [-0.15, -0.1) is 0 Å². The Labute approximate surface area is 108 Å². The van der Waals surface area contributed by atoms with Gasteiger partial charge in [0.15, 0.2) is 0 Å². The van der Waals surface area contributed by atoms with Crippen molar-refractivity contribution in [3.8, 4) is 0 Å². The number of hydrogen-bond donors (Lipinski definition) is 1. The van der Waals surface area contributed by atoms with Crippen LogP contribution in [0.5, 0.6) is 0 Å². The highest BCUT2D eigenvalue weighted by Gasteiger charge is 2.06. The quantitative estimate of drug-likeness (QED) is 0.860. The second-order valence-electron chi connectivity index (χ2n) is 4.04. The van der Waals surface area contributed by atoms with Crippen LogP contribution >= 0.6 is 0 Å². The van der Waals surface area contributed by atoms with Crippen molar-refractivity contribution < 1.29 is 0 Å². The zero-order valence-electron chi connectivity index (χ0n) is 10.4. The molecule has 2 heteroatoms. The summed E-state index contributed by atoms with van der Waals surface area (Å²) in [5.74, 6) is 0. The Morgan fingerprint density at radius 2 is 1.33 bits per heavy atom. The molecule has 0 amide bonds. The minimum Gasteiger partial charge on any atom is -0.405 e. The van der Waals surface area contributed by atoms with E-state index in [1.165, 1.54) is 11.4 Å². The highest BCUT2D eigenvalue weighted by molar-refractivity contribution is 5.62. The molecule has 92 valence electrons. The van der Waals surface area contributed by atoms with E-state index in [0.717, 1.165) is 13.0 Å². The molecule has 0 saturated carbocycles. The highest BCUT2D eigenvalue weighted by Crippen LogP contribution is 2.24. The third-order valence-corrected chi connectivity index (χ3v) is 2.79. The van der Waals surface area contributed by atoms with Crippen LogP contribution in [0.2, 0.25) is 0 Å². The largest absolute Gasteiger partial charge is 0.405 e. The number of para-hydroxylation sites is 2. The Morgan fingerprint density at radius 1 is 0.833 bits per heavy atom. The van der Waals surface area contributed by atoms with E-state index < -0.39 is 0 Å². The molecule has 0 aliphatic carbocycles. The number of hydrogen-bond acceptors (Lipinski definition) is 2. The first-order valence-corrected chi connectivity index (χ1v) is 6.16. The lowest BCUT2D eigenvalue weighted by Crippen LogP contribution is -2.17. The van der Waals surface area contributed by atoms with Gasteiger partial charge in [0.1, 0.15) is 0 Å². The molecule has 0 bridgehead atoms. The minimum atomic E-state index is 0.918. The molecule has 0 aromatic heterocycles. The van der Waals surface area contributed by atoms with Gasteiger partial charge in [0.05, 0.1) is 0 Å². The molecular formula is C16H18N2. The molecule has 0 fully saturated rings. The predicted octanol–water partition coefficient (Wildman–Crippen LogP) is 3.69. The minimum absolute atomic E-state index is 0.918. The molecule has 2 aromatic rings. The van der Waals surface area contributed by atoms with Gasteiger partial charge in [-0.3, -0.25) is 0 Å². The van der Waals surface area contributed by atoms with Crippen molar-refractivity contribution in [1.29, 1.82) is 0 Å². The van der Waals surface area contributed by atoms with Crippen LogP contribution in [0.15, 0.2) is 72.9 Å². The number of nitrogens with zero attached hydrogens (tertiary/aromatic N) is 1. The Hall–Kier alpha value is -2.22. The second kappa shape index (κ2) is 6.50. The first-order chi connectivity index (χ1) is 8.92. The van der Waals surface area contributed by atoms with E-state index in [9.17, 15) is 0 Å². The molecule has 2 aromatic carbocycles. The monoisotopic (exact) mass is 238 g/mol. The molecule has 2 nitrogen and oxygen atoms in total. The fourth-order valence-electron chi connectivity index (χ4n) is 1.92. The van der Waals surface area contributed by atoms with Crippen molar-refractivity contribution >= 4 is 11.4 Å². The summed E-state index contributed by atoms with van der Waals surface area (Å²) in [5, 5.41) is 0. The Kier molecular flexibility index (Phi) is 4.42. The lowest BCUT2D eigenvalue weighted by molar-refractivity contribution is 0.939. The fraction of sp³-hybridized carbons (Fsp3) is 0.125. The van der Waals surface area contributed by atoms with E-state index >= 15 is 0 Å². The summed E-state index contributed by atoms with van der Waals surface area (Å²) in [6.45, 7) is 0.918. The highest BCUT2D eigenvalue weighted by atomic mass is 15.1. The summed E-state index contributed by atoms with van der Waals surface area (Å²) in [4.78, 5) is 2.29. The van der Waals surface area contributed by atoms with E-state index in [2.05, 4.69) is 53.4 Å². The molecule has 18 heavy (non-hydrogen) atoms. The van der Waals surface area contributed by atoms with Gasteiger partial charge in [-0.05, 0) is 36.9 Å². The zero-order chi connectivity index (χ0) is 12.6. The summed E-state index contributed by atoms with van der Waals surface area (Å²) in [6.07, 6.45) is 4.52. The van der Waals surface area contributed by atoms with E-state index in [1.807, 2.05) is 18.2 Å². The van der Waals surface area contributed by atoms with Gasteiger partial charge in [-0.1, -0.05) is 42.5 Å². The fourth-order valence-corrected chi connectivity index (χ4v) is 1.92. The molecule has 0 saturated heterocycles. The lowest BCUT2D eigenvalue weighted by Gasteiger charge is -2.24. The Balaban J connectivity index is 2.23. The topological polar surface area (TPSA) is 29.3 Å². The SMILES string of the molecule is N/C=C/CCN(c1ccccc1)c1ccccc1. The summed E-state index contributed by atoms with van der Waals surface area (Å²) in [6, 6.07) is 20.8. The van der Waals surface area contributed by atoms with Gasteiger partial charge in [0.25, 0.3) is 0 Å². The first-order valence-electron chi connectivity index (χ1n) is 6.16. The summed E-state index contributed by atoms with van der Waals surface area (Å²) in [5.41, 5.74) is 7.80. The predicted molar refractivity (Wildman–Crippen MR) is 77.8 cm³/mol. The molecule has 2 rings (SSSR count). The van der Waals surface area contributed by atoms with Crippen LogP contribution in [0, 0.1) is 0 Å². The van der Waals surface area contributed by atoms with E-state index in [1.54, 1.807) is 6.20 Å². The zero-order valence-corrected chi connectivity index (χ0v) is 10.4. The Morgan fingerprint density at radius 3 is 1.78 bits per heavy atom. The van der Waals surface area contributed by atoms with E-state index in [0.29, 0.717) is 0 Å². The lowest BCUT2D eigenvalue weighted by atomic mass is 10.2. The number of benzene rings is 2. The number of rotatable bonds is 5. The maximum atomic E-state index is 5.39. The average Bonchev–Trinajstić information content (AvgIpc) is 2.46. The smallest absolute Gasteiger partial charge is 0.0410 e. The molecule has 2 N–H and O–H groups in total. The first kappa shape index (κ1) is 12.2. The van der Waals surface area contributed by atoms with Crippen molar-refractivity contribution in [2.24, 2.45) is 5.73 Å². The van der Waals surface area contributed by atoms with Gasteiger partial charge in [-0.2, -0.15) is 0 Å². The second-order valence-corrected chi connectivity index (χ2v) is 4.04. The van der Waals surface area contributed by atoms with Crippen LogP contribution in [0.4, 0.5) is 11.4 Å². The van der Waals surface area contributed by atoms with Crippen molar-refractivity contribution in [2.45, 2.75) is 6.42 Å². The molecule has 0 heterocycles. The molecule has 0 aliphatic rings. The molecule has 0 spiro atoms. The molecule has 0 aliphatic heterocycles. The number of nitrogens with two attached hydrogens (primary N) is 1. The van der Waals surface area contributed by atoms with Crippen molar-refractivity contribution in [3.05, 3.63) is 72.9 Å². The van der Waals surface area contributed by atoms with Crippen molar-refractivity contribution in [1.82, 2.24) is 0 Å². The molecule has 0 unspecified atom stereocenters. The summed E-state index contributed by atoms with van der Waals surface area (Å²) in [7, 11) is 0. The maximum Gasteiger partial charge on any atom is 0.0410 e. The van der Waals surface area contributed by atoms with Gasteiger partial charge < -0.3 is 10.6 Å². The van der Waals surface area contributed by atoms with Gasteiger partial charge in [0.2, 0.25) is 0 Å². The van der Waals surface area contributed by atoms with Crippen LogP contribution in [0.3, 0.4) is 0 Å². The third-order valence-electron chi connectivity index (χ3n) is 2.79. The normalized spacial score (nSPS) is 10.7. The van der Waals surface area contributed by atoms with Gasteiger partial charge >= 0.3 is 0 Å². The van der Waals surface area contributed by atoms with E-state index in [-0.39, 0.29) is 0 Å². The molecule has 0 atom stereocenters. The standard InChI is InChI=1S/C16H18N2/c17-13-7-8-14-18(15-9-3-1-4-10-15)16-11-5-2-6-12-16/h1-7,9-13H,8,14,17H2/b13-7+. The Bertz CT molecular complexity index is 437. The van der Waals surface area contributed by atoms with Crippen LogP contribution < -0.4 is 10.6 Å². The van der Waals surface area contributed by atoms with Crippen LogP contribution in [0.1, 0.15) is 6.42 Å². The summed E-state index contributed by atoms with van der Waals surface area (Å²) < 4.78 is 0. The van der Waals surface area contributed by atoms with Gasteiger partial charge in [0, 0.05) is 17.9 Å². The van der Waals surface area contributed by atoms with Crippen LogP contribution in [0.25, 0.3) is 0 Å². The number of anilines is 2. The van der Waals surface area contributed by atoms with Crippen molar-refractivity contribution in [2.75, 3.05) is 11.4 Å². The van der Waals surface area contributed by atoms with Crippen LogP contribution in [-0.4, -0.2) is 6.54 Å². The van der Waals surface area contributed by atoms with Gasteiger partial charge in [-0.25, -0.2) is 0 Å². The van der Waals surface area contributed by atoms with Crippen LogP contribution in [-0.2, 0) is 0 Å². The average molecular weight is 238 g/mol. The van der Waals surface area contributed by atoms with E-state index in [4.69, 9.17) is 5.73 Å². The maximum absolute atomic E-state index is 5.39. The van der Waals surface area contributed by atoms with Crippen molar-refractivity contribution in [3.63, 3.8) is 0 Å². The molecular weight excluding hydrogens is 220 g/mol. The third kappa shape index (κ3) is 3.14. The summed E-state index contributed by atoms with van der Waals surface area (Å²) >= 11 is 0.